The summed E-state index contributed by atoms with van der Waals surface area (Å²) in [7, 11) is 1.54. The van der Waals surface area contributed by atoms with Gasteiger partial charge in [0.2, 0.25) is 11.2 Å². The molecule has 0 saturated heterocycles. The van der Waals surface area contributed by atoms with Crippen molar-refractivity contribution in [3.05, 3.63) is 51.6 Å². The molecule has 0 amide bonds. The van der Waals surface area contributed by atoms with Crippen LogP contribution in [0.5, 0.6) is 17.2 Å². The Balaban J connectivity index is 2.06. The third kappa shape index (κ3) is 5.38. The van der Waals surface area contributed by atoms with Gasteiger partial charge in [0, 0.05) is 6.07 Å². The minimum Gasteiger partial charge on any atom is -0.502 e. The lowest BCUT2D eigenvalue weighted by Gasteiger charge is -2.21. The lowest BCUT2D eigenvalue weighted by molar-refractivity contribution is -0.143. The predicted molar refractivity (Wildman–Crippen MR) is 112 cm³/mol. The Morgan fingerprint density at radius 2 is 1.97 bits per heavy atom. The zero-order valence-corrected chi connectivity index (χ0v) is 17.8. The van der Waals surface area contributed by atoms with Gasteiger partial charge < -0.3 is 28.8 Å². The van der Waals surface area contributed by atoms with E-state index in [1.165, 1.54) is 0 Å². The molecule has 2 N–H and O–H groups in total. The van der Waals surface area contributed by atoms with Gasteiger partial charge in [-0.2, -0.15) is 0 Å². The molecule has 0 radical (unpaired) electrons. The van der Waals surface area contributed by atoms with Crippen molar-refractivity contribution >= 4 is 5.97 Å². The van der Waals surface area contributed by atoms with Crippen LogP contribution in [-0.2, 0) is 16.1 Å². The molecule has 1 aliphatic carbocycles. The number of rotatable bonds is 9. The zero-order chi connectivity index (χ0) is 22.4. The van der Waals surface area contributed by atoms with Gasteiger partial charge in [-0.05, 0) is 50.3 Å². The molecule has 1 aromatic heterocycles. The lowest BCUT2D eigenvalue weighted by Crippen LogP contribution is -2.16. The molecule has 3 rings (SSSR count). The van der Waals surface area contributed by atoms with Crippen LogP contribution in [0.4, 0.5) is 0 Å². The molecule has 0 bridgehead atoms. The van der Waals surface area contributed by atoms with Crippen molar-refractivity contribution in [1.29, 1.82) is 0 Å². The van der Waals surface area contributed by atoms with E-state index in [9.17, 15) is 19.8 Å². The molecule has 1 atom stereocenters. The zero-order valence-electron chi connectivity index (χ0n) is 17.8. The van der Waals surface area contributed by atoms with Crippen LogP contribution in [0, 0.1) is 0 Å². The molecule has 0 spiro atoms. The van der Waals surface area contributed by atoms with Gasteiger partial charge in [0.1, 0.15) is 12.4 Å². The number of ether oxygens (including phenoxy) is 3. The van der Waals surface area contributed by atoms with Crippen LogP contribution in [0.15, 0.2) is 33.5 Å². The van der Waals surface area contributed by atoms with Crippen molar-refractivity contribution in [2.75, 3.05) is 13.7 Å². The first kappa shape index (κ1) is 22.7. The van der Waals surface area contributed by atoms with Crippen molar-refractivity contribution in [3.63, 3.8) is 0 Å². The fourth-order valence-electron chi connectivity index (χ4n) is 3.81. The van der Waals surface area contributed by atoms with Crippen molar-refractivity contribution in [2.24, 2.45) is 0 Å². The van der Waals surface area contributed by atoms with E-state index in [0.29, 0.717) is 17.1 Å². The number of aromatic hydroxyl groups is 1. The normalized spacial score (nSPS) is 14.9. The Kier molecular flexibility index (Phi) is 7.57. The van der Waals surface area contributed by atoms with Gasteiger partial charge in [0.15, 0.2) is 17.3 Å². The number of hydrogen-bond donors (Lipinski definition) is 2. The second-order valence-electron chi connectivity index (χ2n) is 7.44. The Bertz CT molecular complexity index is 959. The molecule has 168 valence electrons. The van der Waals surface area contributed by atoms with E-state index in [4.69, 9.17) is 18.6 Å². The maximum Gasteiger partial charge on any atom is 0.306 e. The monoisotopic (exact) mass is 432 g/mol. The van der Waals surface area contributed by atoms with Gasteiger partial charge in [0.25, 0.3) is 0 Å². The number of aliphatic hydroxyl groups excluding tert-OH is 1. The lowest BCUT2D eigenvalue weighted by atomic mass is 9.91. The molecule has 1 fully saturated rings. The van der Waals surface area contributed by atoms with Crippen LogP contribution in [0.1, 0.15) is 62.0 Å². The van der Waals surface area contributed by atoms with Gasteiger partial charge >= 0.3 is 5.97 Å². The smallest absolute Gasteiger partial charge is 0.306 e. The van der Waals surface area contributed by atoms with Crippen LogP contribution in [0.2, 0.25) is 0 Å². The molecule has 2 aromatic rings. The van der Waals surface area contributed by atoms with Crippen molar-refractivity contribution in [2.45, 2.75) is 57.7 Å². The first-order valence-electron chi connectivity index (χ1n) is 10.4. The third-order valence-electron chi connectivity index (χ3n) is 5.33. The van der Waals surface area contributed by atoms with Crippen molar-refractivity contribution < 1.29 is 33.6 Å². The molecule has 1 aliphatic rings. The topological polar surface area (TPSA) is 115 Å². The highest BCUT2D eigenvalue weighted by molar-refractivity contribution is 5.71. The van der Waals surface area contributed by atoms with E-state index in [1.807, 2.05) is 0 Å². The molecule has 0 aliphatic heterocycles. The molecule has 1 saturated carbocycles. The number of esters is 1. The maximum absolute atomic E-state index is 12.3. The van der Waals surface area contributed by atoms with Crippen molar-refractivity contribution in [1.82, 2.24) is 0 Å². The van der Waals surface area contributed by atoms with Gasteiger partial charge in [-0.1, -0.05) is 6.07 Å². The maximum atomic E-state index is 12.3. The summed E-state index contributed by atoms with van der Waals surface area (Å²) in [5.41, 5.74) is -0.120. The predicted octanol–water partition coefficient (Wildman–Crippen LogP) is 3.25. The van der Waals surface area contributed by atoms with Gasteiger partial charge in [-0.25, -0.2) is 0 Å². The quantitative estimate of drug-likeness (QED) is 0.580. The van der Waals surface area contributed by atoms with E-state index in [0.717, 1.165) is 31.7 Å². The number of aliphatic hydroxyl groups is 1. The molecule has 1 heterocycles. The summed E-state index contributed by atoms with van der Waals surface area (Å²) >= 11 is 0. The summed E-state index contributed by atoms with van der Waals surface area (Å²) < 4.78 is 22.2. The first-order valence-corrected chi connectivity index (χ1v) is 10.4. The number of methoxy groups -OCH3 is 1. The van der Waals surface area contributed by atoms with E-state index in [2.05, 4.69) is 0 Å². The molecule has 8 nitrogen and oxygen atoms in total. The van der Waals surface area contributed by atoms with E-state index in [-0.39, 0.29) is 30.7 Å². The molecular weight excluding hydrogens is 404 g/mol. The van der Waals surface area contributed by atoms with Crippen molar-refractivity contribution in [3.8, 4) is 17.2 Å². The number of hydrogen-bond acceptors (Lipinski definition) is 8. The Hall–Kier alpha value is -3.00. The molecular formula is C23H28O8. The molecule has 0 unspecified atom stereocenters. The number of benzene rings is 1. The summed E-state index contributed by atoms with van der Waals surface area (Å²) in [6.45, 7) is 1.36. The SMILES string of the molecule is CCOC(=O)C[C@H](c1ccc(OC)c(OC2CCCC2)c1)c1oc(CO)cc(=O)c1O. The second kappa shape index (κ2) is 10.3. The Morgan fingerprint density at radius 1 is 1.23 bits per heavy atom. The Morgan fingerprint density at radius 3 is 2.61 bits per heavy atom. The summed E-state index contributed by atoms with van der Waals surface area (Å²) in [5.74, 6) is -1.01. The molecule has 1 aromatic carbocycles. The third-order valence-corrected chi connectivity index (χ3v) is 5.33. The highest BCUT2D eigenvalue weighted by Crippen LogP contribution is 2.39. The van der Waals surface area contributed by atoms with Crippen LogP contribution in [-0.4, -0.2) is 36.0 Å². The second-order valence-corrected chi connectivity index (χ2v) is 7.44. The fourth-order valence-corrected chi connectivity index (χ4v) is 3.81. The largest absolute Gasteiger partial charge is 0.502 e. The number of carbonyl (C=O) groups is 1. The summed E-state index contributed by atoms with van der Waals surface area (Å²) in [6, 6.07) is 6.17. The Labute approximate surface area is 180 Å². The summed E-state index contributed by atoms with van der Waals surface area (Å²) in [4.78, 5) is 24.5. The van der Waals surface area contributed by atoms with E-state index in [1.54, 1.807) is 32.2 Å². The number of carbonyl (C=O) groups excluding carboxylic acids is 1. The van der Waals surface area contributed by atoms with Gasteiger partial charge in [-0.3, -0.25) is 9.59 Å². The molecule has 8 heteroatoms. The van der Waals surface area contributed by atoms with Crippen LogP contribution in [0.3, 0.4) is 0 Å². The standard InChI is InChI=1S/C23H28O8/c1-3-29-21(26)12-17(23-22(27)18(25)11-16(13-24)31-23)14-8-9-19(28-2)20(10-14)30-15-6-4-5-7-15/h8-11,15,17,24,27H,3-7,12-13H2,1-2H3/t17-/m1/s1. The molecule has 31 heavy (non-hydrogen) atoms. The summed E-state index contributed by atoms with van der Waals surface area (Å²) in [5, 5.41) is 19.8. The minimum absolute atomic E-state index is 0.0115. The highest BCUT2D eigenvalue weighted by Gasteiger charge is 2.28. The van der Waals surface area contributed by atoms with Crippen LogP contribution >= 0.6 is 0 Å². The fraction of sp³-hybridized carbons (Fsp3) is 0.478. The highest BCUT2D eigenvalue weighted by atomic mass is 16.5. The average Bonchev–Trinajstić information content (AvgIpc) is 3.27. The van der Waals surface area contributed by atoms with Crippen LogP contribution in [0.25, 0.3) is 0 Å². The van der Waals surface area contributed by atoms with Crippen LogP contribution < -0.4 is 14.9 Å². The summed E-state index contributed by atoms with van der Waals surface area (Å²) in [6.07, 6.45) is 4.02. The van der Waals surface area contributed by atoms with E-state index >= 15 is 0 Å². The van der Waals surface area contributed by atoms with Gasteiger partial charge in [-0.15, -0.1) is 0 Å². The van der Waals surface area contributed by atoms with E-state index < -0.39 is 29.7 Å². The minimum atomic E-state index is -0.824. The first-order chi connectivity index (χ1) is 15.0. The average molecular weight is 432 g/mol. The van der Waals surface area contributed by atoms with Gasteiger partial charge in [0.05, 0.1) is 32.2 Å².